The predicted octanol–water partition coefficient (Wildman–Crippen LogP) is 4.64. The highest BCUT2D eigenvalue weighted by Crippen LogP contribution is 2.44. The first-order chi connectivity index (χ1) is 16.1. The summed E-state index contributed by atoms with van der Waals surface area (Å²) in [5.41, 5.74) is 3.77. The third kappa shape index (κ3) is 5.14. The second-order valence-corrected chi connectivity index (χ2v) is 10.5. The van der Waals surface area contributed by atoms with Crippen LogP contribution in [0.3, 0.4) is 0 Å². The van der Waals surface area contributed by atoms with E-state index in [-0.39, 0.29) is 30.7 Å². The molecular formula is C25H28N2O6S. The van der Waals surface area contributed by atoms with Crippen molar-refractivity contribution in [3.63, 3.8) is 0 Å². The fourth-order valence-corrected chi connectivity index (χ4v) is 5.24. The van der Waals surface area contributed by atoms with Gasteiger partial charge in [-0.05, 0) is 61.4 Å². The average molecular weight is 485 g/mol. The molecule has 0 spiro atoms. The van der Waals surface area contributed by atoms with Crippen molar-refractivity contribution in [2.75, 3.05) is 13.2 Å². The van der Waals surface area contributed by atoms with Gasteiger partial charge in [-0.25, -0.2) is 14.4 Å². The van der Waals surface area contributed by atoms with Crippen LogP contribution in [0, 0.1) is 0 Å². The first-order valence-electron chi connectivity index (χ1n) is 11.1. The number of hydrogen-bond donors (Lipinski definition) is 2. The minimum absolute atomic E-state index is 0.110. The first-order valence-corrected chi connectivity index (χ1v) is 12.0. The van der Waals surface area contributed by atoms with Gasteiger partial charge in [-0.15, -0.1) is 0 Å². The summed E-state index contributed by atoms with van der Waals surface area (Å²) in [6.07, 6.45) is -1.08. The summed E-state index contributed by atoms with van der Waals surface area (Å²) in [5.74, 6) is -1.21. The molecule has 0 aromatic heterocycles. The molecule has 1 aliphatic heterocycles. The molecule has 2 aliphatic rings. The van der Waals surface area contributed by atoms with Crippen LogP contribution in [0.15, 0.2) is 48.5 Å². The van der Waals surface area contributed by atoms with Gasteiger partial charge in [0.15, 0.2) is 0 Å². The summed E-state index contributed by atoms with van der Waals surface area (Å²) in [5, 5.41) is 9.35. The van der Waals surface area contributed by atoms with Gasteiger partial charge in [0.2, 0.25) is 0 Å². The van der Waals surface area contributed by atoms with Gasteiger partial charge in [0.1, 0.15) is 18.2 Å². The monoisotopic (exact) mass is 484 g/mol. The molecule has 4 rings (SSSR count). The molecule has 2 aromatic carbocycles. The number of nitrogens with one attached hydrogen (secondary N) is 1. The molecule has 1 heterocycles. The van der Waals surface area contributed by atoms with E-state index in [0.717, 1.165) is 34.2 Å². The zero-order valence-electron chi connectivity index (χ0n) is 19.3. The minimum atomic E-state index is -1.10. The Morgan fingerprint density at radius 2 is 1.65 bits per heavy atom. The fraction of sp³-hybridized carbons (Fsp3) is 0.400. The Kier molecular flexibility index (Phi) is 6.74. The number of carbonyl (C=O) groups excluding carboxylic acids is 2. The molecule has 9 heteroatoms. The largest absolute Gasteiger partial charge is 0.480 e. The van der Waals surface area contributed by atoms with Gasteiger partial charge in [-0.1, -0.05) is 48.5 Å². The lowest BCUT2D eigenvalue weighted by atomic mass is 9.98. The molecule has 34 heavy (non-hydrogen) atoms. The van der Waals surface area contributed by atoms with Crippen molar-refractivity contribution in [2.45, 2.75) is 50.0 Å². The molecule has 1 saturated heterocycles. The van der Waals surface area contributed by atoms with Crippen LogP contribution in [0.2, 0.25) is 0 Å². The zero-order chi connectivity index (χ0) is 24.5. The average Bonchev–Trinajstić information content (AvgIpc) is 3.35. The number of nitrogens with zero attached hydrogens (tertiary/aromatic N) is 1. The van der Waals surface area contributed by atoms with Crippen LogP contribution in [-0.4, -0.2) is 58.2 Å². The highest BCUT2D eigenvalue weighted by Gasteiger charge is 2.42. The highest BCUT2D eigenvalue weighted by atomic mass is 32.2. The smallest absolute Gasteiger partial charge is 0.417 e. The summed E-state index contributed by atoms with van der Waals surface area (Å²) in [6.45, 7) is 5.53. The lowest BCUT2D eigenvalue weighted by Gasteiger charge is -2.22. The van der Waals surface area contributed by atoms with Crippen LogP contribution in [0.1, 0.15) is 44.2 Å². The first kappa shape index (κ1) is 23.9. The molecule has 0 radical (unpaired) electrons. The maximum absolute atomic E-state index is 12.9. The molecule has 1 fully saturated rings. The van der Waals surface area contributed by atoms with Crippen molar-refractivity contribution in [2.24, 2.45) is 0 Å². The Morgan fingerprint density at radius 3 is 2.21 bits per heavy atom. The van der Waals surface area contributed by atoms with Crippen LogP contribution < -0.4 is 4.72 Å². The van der Waals surface area contributed by atoms with Gasteiger partial charge < -0.3 is 14.6 Å². The van der Waals surface area contributed by atoms with Crippen LogP contribution in [0.4, 0.5) is 9.59 Å². The SMILES string of the molecule is CC(C)(C)OC(=O)NSC1C[C@@H](C(=O)O)N(C(=O)OCC2c3ccccc3-c3ccccc32)C1. The molecule has 1 aliphatic carbocycles. The molecule has 2 atom stereocenters. The Labute approximate surface area is 202 Å². The van der Waals surface area contributed by atoms with Gasteiger partial charge in [-0.2, -0.15) is 0 Å². The maximum Gasteiger partial charge on any atom is 0.417 e. The van der Waals surface area contributed by atoms with E-state index < -0.39 is 29.8 Å². The quantitative estimate of drug-likeness (QED) is 0.596. The van der Waals surface area contributed by atoms with Gasteiger partial charge >= 0.3 is 18.2 Å². The van der Waals surface area contributed by atoms with Gasteiger partial charge in [-0.3, -0.25) is 9.62 Å². The number of amides is 2. The van der Waals surface area contributed by atoms with E-state index in [9.17, 15) is 19.5 Å². The number of carboxylic acid groups (broad SMARTS) is 1. The Bertz CT molecular complexity index is 1050. The third-order valence-corrected chi connectivity index (χ3v) is 6.79. The summed E-state index contributed by atoms with van der Waals surface area (Å²) >= 11 is 1.06. The van der Waals surface area contributed by atoms with E-state index in [1.165, 1.54) is 4.90 Å². The van der Waals surface area contributed by atoms with Gasteiger partial charge in [0.05, 0.1) is 0 Å². The number of ether oxygens (including phenoxy) is 2. The predicted molar refractivity (Wildman–Crippen MR) is 129 cm³/mol. The molecule has 1 unspecified atom stereocenters. The Morgan fingerprint density at radius 1 is 1.06 bits per heavy atom. The van der Waals surface area contributed by atoms with Crippen molar-refractivity contribution in [3.05, 3.63) is 59.7 Å². The molecule has 0 saturated carbocycles. The molecule has 180 valence electrons. The zero-order valence-corrected chi connectivity index (χ0v) is 20.1. The van der Waals surface area contributed by atoms with Crippen LogP contribution in [-0.2, 0) is 14.3 Å². The van der Waals surface area contributed by atoms with Gasteiger partial charge in [0, 0.05) is 17.7 Å². The highest BCUT2D eigenvalue weighted by molar-refractivity contribution is 7.98. The normalized spacial score (nSPS) is 19.3. The second-order valence-electron chi connectivity index (χ2n) is 9.39. The van der Waals surface area contributed by atoms with E-state index in [1.54, 1.807) is 20.8 Å². The second kappa shape index (κ2) is 9.58. The van der Waals surface area contributed by atoms with E-state index in [4.69, 9.17) is 9.47 Å². The van der Waals surface area contributed by atoms with Crippen LogP contribution >= 0.6 is 11.9 Å². The fourth-order valence-electron chi connectivity index (χ4n) is 4.43. The van der Waals surface area contributed by atoms with Crippen molar-refractivity contribution >= 4 is 30.1 Å². The van der Waals surface area contributed by atoms with E-state index in [1.807, 2.05) is 36.4 Å². The number of fused-ring (bicyclic) bond motifs is 3. The number of hydrogen-bond acceptors (Lipinski definition) is 6. The van der Waals surface area contributed by atoms with Crippen LogP contribution in [0.25, 0.3) is 11.1 Å². The summed E-state index contributed by atoms with van der Waals surface area (Å²) < 4.78 is 13.4. The number of rotatable bonds is 5. The Hall–Kier alpha value is -3.20. The van der Waals surface area contributed by atoms with Gasteiger partial charge in [0.25, 0.3) is 0 Å². The lowest BCUT2D eigenvalue weighted by molar-refractivity contribution is -0.141. The molecule has 2 N–H and O–H groups in total. The van der Waals surface area contributed by atoms with Crippen molar-refractivity contribution in [1.29, 1.82) is 0 Å². The number of likely N-dealkylation sites (tertiary alicyclic amines) is 1. The molecular weight excluding hydrogens is 456 g/mol. The number of benzene rings is 2. The Balaban J connectivity index is 1.39. The number of aliphatic carboxylic acids is 1. The van der Waals surface area contributed by atoms with Crippen molar-refractivity contribution < 1.29 is 29.0 Å². The minimum Gasteiger partial charge on any atom is -0.480 e. The molecule has 2 aromatic rings. The molecule has 0 bridgehead atoms. The standard InChI is InChI=1S/C25H28N2O6S/c1-25(2,3)33-23(30)26-34-15-12-21(22(28)29)27(13-15)24(31)32-14-20-18-10-6-4-8-16(18)17-9-5-7-11-19(17)20/h4-11,15,20-21H,12-14H2,1-3H3,(H,26,30)(H,28,29)/t15?,21-/m0/s1. The lowest BCUT2D eigenvalue weighted by Crippen LogP contribution is -2.41. The van der Waals surface area contributed by atoms with Crippen molar-refractivity contribution in [3.8, 4) is 11.1 Å². The van der Waals surface area contributed by atoms with Crippen LogP contribution in [0.5, 0.6) is 0 Å². The van der Waals surface area contributed by atoms with Crippen molar-refractivity contribution in [1.82, 2.24) is 9.62 Å². The molecule has 8 nitrogen and oxygen atoms in total. The third-order valence-electron chi connectivity index (χ3n) is 5.83. The maximum atomic E-state index is 12.9. The topological polar surface area (TPSA) is 105 Å². The molecule has 2 amide bonds. The van der Waals surface area contributed by atoms with E-state index in [2.05, 4.69) is 16.9 Å². The number of carboxylic acids is 1. The summed E-state index contributed by atoms with van der Waals surface area (Å²) in [7, 11) is 0. The number of carbonyl (C=O) groups is 3. The van der Waals surface area contributed by atoms with E-state index in [0.29, 0.717) is 0 Å². The summed E-state index contributed by atoms with van der Waals surface area (Å²) in [4.78, 5) is 37.9. The van der Waals surface area contributed by atoms with E-state index >= 15 is 0 Å². The summed E-state index contributed by atoms with van der Waals surface area (Å²) in [6, 6.07) is 15.0.